The van der Waals surface area contributed by atoms with E-state index in [4.69, 9.17) is 0 Å². The molecule has 3 amide bonds. The molecule has 3 rings (SSSR count). The van der Waals surface area contributed by atoms with Crippen molar-refractivity contribution in [2.75, 3.05) is 13.1 Å². The number of carbonyl (C=O) groups excluding carboxylic acids is 2. The third-order valence-corrected chi connectivity index (χ3v) is 3.72. The molecule has 2 heterocycles. The van der Waals surface area contributed by atoms with E-state index in [-0.39, 0.29) is 18.5 Å². The van der Waals surface area contributed by atoms with Crippen LogP contribution in [0.4, 0.5) is 4.79 Å². The first-order chi connectivity index (χ1) is 9.25. The Kier molecular flexibility index (Phi) is 3.14. The highest BCUT2D eigenvalue weighted by Gasteiger charge is 2.29. The SMILES string of the molecule is O=C(Cn1nnnc1C1CCCC1)N1CCNC1=O. The first-order valence-electron chi connectivity index (χ1n) is 6.60. The molecule has 19 heavy (non-hydrogen) atoms. The van der Waals surface area contributed by atoms with Crippen molar-refractivity contribution >= 4 is 11.9 Å². The van der Waals surface area contributed by atoms with Gasteiger partial charge in [-0.05, 0) is 23.3 Å². The number of tetrazole rings is 1. The van der Waals surface area contributed by atoms with Gasteiger partial charge in [0.05, 0.1) is 0 Å². The zero-order valence-corrected chi connectivity index (χ0v) is 10.6. The van der Waals surface area contributed by atoms with Crippen molar-refractivity contribution in [1.82, 2.24) is 30.4 Å². The number of nitrogens with one attached hydrogen (secondary N) is 1. The van der Waals surface area contributed by atoms with E-state index < -0.39 is 0 Å². The largest absolute Gasteiger partial charge is 0.336 e. The lowest BCUT2D eigenvalue weighted by molar-refractivity contribution is -0.128. The molecule has 1 aliphatic carbocycles. The van der Waals surface area contributed by atoms with E-state index in [2.05, 4.69) is 20.8 Å². The Bertz CT molecular complexity index is 493. The van der Waals surface area contributed by atoms with Gasteiger partial charge < -0.3 is 5.32 Å². The molecule has 2 aliphatic rings. The van der Waals surface area contributed by atoms with Crippen LogP contribution in [0, 0.1) is 0 Å². The number of urea groups is 1. The third kappa shape index (κ3) is 2.29. The van der Waals surface area contributed by atoms with Crippen LogP contribution in [0.3, 0.4) is 0 Å². The van der Waals surface area contributed by atoms with Crippen molar-refractivity contribution in [2.24, 2.45) is 0 Å². The van der Waals surface area contributed by atoms with E-state index >= 15 is 0 Å². The minimum atomic E-state index is -0.333. The molecule has 1 aromatic heterocycles. The highest BCUT2D eigenvalue weighted by Crippen LogP contribution is 2.32. The normalized spacial score (nSPS) is 20.0. The minimum absolute atomic E-state index is 0.0340. The van der Waals surface area contributed by atoms with E-state index in [0.717, 1.165) is 18.7 Å². The average molecular weight is 264 g/mol. The fourth-order valence-electron chi connectivity index (χ4n) is 2.72. The number of carbonyl (C=O) groups is 2. The summed E-state index contributed by atoms with van der Waals surface area (Å²) in [7, 11) is 0. The topological polar surface area (TPSA) is 93.0 Å². The molecule has 0 bridgehead atoms. The first kappa shape index (κ1) is 12.1. The Hall–Kier alpha value is -1.99. The molecule has 0 spiro atoms. The Morgan fingerprint density at radius 1 is 1.37 bits per heavy atom. The van der Waals surface area contributed by atoms with Crippen LogP contribution in [0.2, 0.25) is 0 Å². The van der Waals surface area contributed by atoms with Gasteiger partial charge in [-0.25, -0.2) is 9.48 Å². The van der Waals surface area contributed by atoms with Crippen LogP contribution in [0.15, 0.2) is 0 Å². The molecule has 0 aromatic carbocycles. The van der Waals surface area contributed by atoms with Crippen molar-refractivity contribution in [1.29, 1.82) is 0 Å². The second-order valence-corrected chi connectivity index (χ2v) is 4.95. The lowest BCUT2D eigenvalue weighted by Gasteiger charge is -2.13. The van der Waals surface area contributed by atoms with Crippen molar-refractivity contribution in [2.45, 2.75) is 38.1 Å². The van der Waals surface area contributed by atoms with Gasteiger partial charge in [0, 0.05) is 19.0 Å². The zero-order chi connectivity index (χ0) is 13.2. The average Bonchev–Trinajstić information content (AvgIpc) is 3.07. The maximum atomic E-state index is 12.0. The summed E-state index contributed by atoms with van der Waals surface area (Å²) in [5.41, 5.74) is 0. The molecular formula is C11H16N6O2. The maximum Gasteiger partial charge on any atom is 0.324 e. The molecule has 0 atom stereocenters. The zero-order valence-electron chi connectivity index (χ0n) is 10.6. The molecule has 1 aromatic rings. The van der Waals surface area contributed by atoms with Crippen LogP contribution >= 0.6 is 0 Å². The van der Waals surface area contributed by atoms with E-state index in [1.165, 1.54) is 22.4 Å². The van der Waals surface area contributed by atoms with Crippen molar-refractivity contribution in [3.63, 3.8) is 0 Å². The lowest BCUT2D eigenvalue weighted by atomic mass is 10.1. The third-order valence-electron chi connectivity index (χ3n) is 3.72. The van der Waals surface area contributed by atoms with Gasteiger partial charge >= 0.3 is 6.03 Å². The predicted octanol–water partition coefficient (Wildman–Crippen LogP) is -0.118. The Morgan fingerprint density at radius 3 is 2.84 bits per heavy atom. The van der Waals surface area contributed by atoms with Gasteiger partial charge in [-0.1, -0.05) is 12.8 Å². The number of nitrogens with zero attached hydrogens (tertiary/aromatic N) is 5. The number of imide groups is 1. The Balaban J connectivity index is 1.71. The first-order valence-corrected chi connectivity index (χ1v) is 6.60. The summed E-state index contributed by atoms with van der Waals surface area (Å²) in [6.45, 7) is 0.959. The molecule has 1 saturated heterocycles. The number of aromatic nitrogens is 4. The van der Waals surface area contributed by atoms with E-state index in [0.29, 0.717) is 19.0 Å². The van der Waals surface area contributed by atoms with E-state index in [1.807, 2.05) is 0 Å². The molecule has 0 radical (unpaired) electrons. The number of amides is 3. The molecule has 1 saturated carbocycles. The summed E-state index contributed by atoms with van der Waals surface area (Å²) in [4.78, 5) is 24.7. The second kappa shape index (κ2) is 4.94. The quantitative estimate of drug-likeness (QED) is 0.821. The monoisotopic (exact) mass is 264 g/mol. The maximum absolute atomic E-state index is 12.0. The van der Waals surface area contributed by atoms with Crippen LogP contribution in [-0.4, -0.2) is 50.1 Å². The molecule has 8 nitrogen and oxygen atoms in total. The van der Waals surface area contributed by atoms with Gasteiger partial charge in [0.1, 0.15) is 6.54 Å². The smallest absolute Gasteiger partial charge is 0.324 e. The summed E-state index contributed by atoms with van der Waals surface area (Å²) in [6.07, 6.45) is 4.50. The van der Waals surface area contributed by atoms with Gasteiger partial charge in [-0.3, -0.25) is 9.69 Å². The molecule has 102 valence electrons. The molecule has 0 unspecified atom stereocenters. The van der Waals surface area contributed by atoms with Crippen LogP contribution in [0.1, 0.15) is 37.4 Å². The molecule has 1 N–H and O–H groups in total. The van der Waals surface area contributed by atoms with E-state index in [9.17, 15) is 9.59 Å². The summed E-state index contributed by atoms with van der Waals surface area (Å²) in [5, 5.41) is 14.2. The van der Waals surface area contributed by atoms with Crippen LogP contribution in [0.25, 0.3) is 0 Å². The summed E-state index contributed by atoms with van der Waals surface area (Å²) < 4.78 is 1.53. The number of hydrogen-bond donors (Lipinski definition) is 1. The summed E-state index contributed by atoms with van der Waals surface area (Å²) in [5.74, 6) is 0.849. The predicted molar refractivity (Wildman–Crippen MR) is 64.1 cm³/mol. The van der Waals surface area contributed by atoms with Gasteiger partial charge in [0.2, 0.25) is 0 Å². The minimum Gasteiger partial charge on any atom is -0.336 e. The molecule has 1 aliphatic heterocycles. The van der Waals surface area contributed by atoms with E-state index in [1.54, 1.807) is 0 Å². The van der Waals surface area contributed by atoms with Crippen molar-refractivity contribution in [3.05, 3.63) is 5.82 Å². The highest BCUT2D eigenvalue weighted by molar-refractivity contribution is 5.95. The highest BCUT2D eigenvalue weighted by atomic mass is 16.2. The molecule has 8 heteroatoms. The standard InChI is InChI=1S/C11H16N6O2/c18-9(16-6-5-12-11(16)19)7-17-10(13-14-15-17)8-3-1-2-4-8/h8H,1-7H2,(H,12,19). The second-order valence-electron chi connectivity index (χ2n) is 4.95. The molecular weight excluding hydrogens is 248 g/mol. The summed E-state index contributed by atoms with van der Waals surface area (Å²) >= 11 is 0. The van der Waals surface area contributed by atoms with Gasteiger partial charge in [-0.15, -0.1) is 5.10 Å². The van der Waals surface area contributed by atoms with Crippen molar-refractivity contribution in [3.8, 4) is 0 Å². The van der Waals surface area contributed by atoms with Crippen molar-refractivity contribution < 1.29 is 9.59 Å². The van der Waals surface area contributed by atoms with Crippen LogP contribution in [0.5, 0.6) is 0 Å². The summed E-state index contributed by atoms with van der Waals surface area (Å²) in [6, 6.07) is -0.333. The van der Waals surface area contributed by atoms with Crippen LogP contribution < -0.4 is 5.32 Å². The fraction of sp³-hybridized carbons (Fsp3) is 0.727. The van der Waals surface area contributed by atoms with Gasteiger partial charge in [0.15, 0.2) is 5.82 Å². The van der Waals surface area contributed by atoms with Gasteiger partial charge in [-0.2, -0.15) is 0 Å². The number of hydrogen-bond acceptors (Lipinski definition) is 5. The fourth-order valence-corrected chi connectivity index (χ4v) is 2.72. The van der Waals surface area contributed by atoms with Crippen LogP contribution in [-0.2, 0) is 11.3 Å². The Morgan fingerprint density at radius 2 is 2.16 bits per heavy atom. The van der Waals surface area contributed by atoms with Gasteiger partial charge in [0.25, 0.3) is 5.91 Å². The molecule has 2 fully saturated rings. The number of rotatable bonds is 3. The Labute approximate surface area is 110 Å². The lowest BCUT2D eigenvalue weighted by Crippen LogP contribution is -2.37.